The molecule has 1 N–H and O–H groups in total. The number of carbonyl (C=O) groups excluding carboxylic acids is 2. The number of rotatable bonds is 3. The number of nitrogens with one attached hydrogen (secondary N) is 1. The summed E-state index contributed by atoms with van der Waals surface area (Å²) in [7, 11) is 0. The molecule has 1 saturated heterocycles. The fraction of sp³-hybridized carbons (Fsp3) is 0.200. The van der Waals surface area contributed by atoms with Gasteiger partial charge in [-0.2, -0.15) is 0 Å². The number of para-hydroxylation sites is 1. The lowest BCUT2D eigenvalue weighted by atomic mass is 10.2. The summed E-state index contributed by atoms with van der Waals surface area (Å²) >= 11 is 3.15. The Hall–Kier alpha value is -2.08. The minimum atomic E-state index is -0.312. The minimum absolute atomic E-state index is 0.00660. The molecule has 1 aromatic heterocycles. The Morgan fingerprint density at radius 1 is 1.24 bits per heavy atom. The third-order valence-corrected chi connectivity index (χ3v) is 3.75. The van der Waals surface area contributed by atoms with Gasteiger partial charge in [0.1, 0.15) is 0 Å². The van der Waals surface area contributed by atoms with Gasteiger partial charge in [0.05, 0.1) is 6.04 Å². The summed E-state index contributed by atoms with van der Waals surface area (Å²) < 4.78 is 5.70. The third kappa shape index (κ3) is 3.00. The van der Waals surface area contributed by atoms with E-state index in [4.69, 9.17) is 4.42 Å². The van der Waals surface area contributed by atoms with Crippen LogP contribution in [-0.2, 0) is 4.79 Å². The van der Waals surface area contributed by atoms with Gasteiger partial charge in [0.25, 0.3) is 5.91 Å². The molecular weight excluding hydrogens is 336 g/mol. The fourth-order valence-electron chi connectivity index (χ4n) is 2.35. The second kappa shape index (κ2) is 5.73. The van der Waals surface area contributed by atoms with Gasteiger partial charge in [0.2, 0.25) is 5.91 Å². The molecule has 0 bridgehead atoms. The Balaban J connectivity index is 1.66. The predicted octanol–water partition coefficient (Wildman–Crippen LogP) is 2.58. The van der Waals surface area contributed by atoms with Crippen LogP contribution in [0.1, 0.15) is 17.0 Å². The van der Waals surface area contributed by atoms with Crippen LogP contribution in [0.25, 0.3) is 0 Å². The van der Waals surface area contributed by atoms with Crippen molar-refractivity contribution in [3.63, 3.8) is 0 Å². The summed E-state index contributed by atoms with van der Waals surface area (Å²) in [4.78, 5) is 25.7. The first-order valence-corrected chi connectivity index (χ1v) is 7.34. The number of furan rings is 1. The van der Waals surface area contributed by atoms with Crippen LogP contribution in [0.15, 0.2) is 51.6 Å². The van der Waals surface area contributed by atoms with Crippen LogP contribution in [0.2, 0.25) is 0 Å². The van der Waals surface area contributed by atoms with Crippen LogP contribution < -0.4 is 10.2 Å². The monoisotopic (exact) mass is 348 g/mol. The van der Waals surface area contributed by atoms with E-state index in [0.717, 1.165) is 5.69 Å². The van der Waals surface area contributed by atoms with Crippen molar-refractivity contribution in [2.75, 3.05) is 11.4 Å². The first kappa shape index (κ1) is 13.9. The molecule has 0 aliphatic carbocycles. The van der Waals surface area contributed by atoms with Gasteiger partial charge >= 0.3 is 0 Å². The molecule has 0 radical (unpaired) electrons. The maximum atomic E-state index is 12.1. The second-order valence-electron chi connectivity index (χ2n) is 4.82. The van der Waals surface area contributed by atoms with Gasteiger partial charge in [-0.15, -0.1) is 0 Å². The smallest absolute Gasteiger partial charge is 0.287 e. The maximum Gasteiger partial charge on any atom is 0.287 e. The number of halogens is 1. The highest BCUT2D eigenvalue weighted by Gasteiger charge is 2.32. The van der Waals surface area contributed by atoms with Gasteiger partial charge in [-0.25, -0.2) is 0 Å². The third-order valence-electron chi connectivity index (χ3n) is 3.33. The van der Waals surface area contributed by atoms with E-state index in [1.807, 2.05) is 30.3 Å². The number of nitrogens with zero attached hydrogens (tertiary/aromatic N) is 1. The Bertz CT molecular complexity index is 669. The molecule has 6 heteroatoms. The zero-order valence-corrected chi connectivity index (χ0v) is 12.7. The summed E-state index contributed by atoms with van der Waals surface area (Å²) in [5, 5.41) is 2.82. The number of hydrogen-bond acceptors (Lipinski definition) is 3. The van der Waals surface area contributed by atoms with E-state index in [1.165, 1.54) is 0 Å². The van der Waals surface area contributed by atoms with Crippen molar-refractivity contribution in [2.24, 2.45) is 0 Å². The highest BCUT2D eigenvalue weighted by atomic mass is 79.9. The molecule has 0 saturated carbocycles. The first-order chi connectivity index (χ1) is 10.1. The van der Waals surface area contributed by atoms with Crippen LogP contribution in [0.5, 0.6) is 0 Å². The van der Waals surface area contributed by atoms with Gasteiger partial charge < -0.3 is 14.6 Å². The van der Waals surface area contributed by atoms with Crippen molar-refractivity contribution in [3.05, 3.63) is 52.9 Å². The van der Waals surface area contributed by atoms with E-state index in [2.05, 4.69) is 21.2 Å². The molecule has 2 aromatic rings. The van der Waals surface area contributed by atoms with Gasteiger partial charge in [-0.05, 0) is 40.2 Å². The molecule has 2 heterocycles. The van der Waals surface area contributed by atoms with Crippen molar-refractivity contribution < 1.29 is 14.0 Å². The molecule has 0 unspecified atom stereocenters. The number of benzene rings is 1. The van der Waals surface area contributed by atoms with E-state index in [9.17, 15) is 9.59 Å². The summed E-state index contributed by atoms with van der Waals surface area (Å²) in [6, 6.07) is 12.5. The molecule has 1 aliphatic heterocycles. The summed E-state index contributed by atoms with van der Waals surface area (Å²) in [6.45, 7) is 0.469. The Labute approximate surface area is 130 Å². The Morgan fingerprint density at radius 3 is 2.67 bits per heavy atom. The summed E-state index contributed by atoms with van der Waals surface area (Å²) in [5.41, 5.74) is 0.847. The number of carbonyl (C=O) groups is 2. The molecule has 1 atom stereocenters. The highest BCUT2D eigenvalue weighted by Crippen LogP contribution is 2.21. The Kier molecular flexibility index (Phi) is 3.79. The van der Waals surface area contributed by atoms with Crippen molar-refractivity contribution in [1.29, 1.82) is 0 Å². The molecule has 0 spiro atoms. The van der Waals surface area contributed by atoms with Crippen LogP contribution in [0.3, 0.4) is 0 Å². The molecule has 21 heavy (non-hydrogen) atoms. The van der Waals surface area contributed by atoms with Crippen molar-refractivity contribution >= 4 is 33.4 Å². The lowest BCUT2D eigenvalue weighted by Gasteiger charge is -2.16. The average Bonchev–Trinajstić information content (AvgIpc) is 3.06. The second-order valence-corrected chi connectivity index (χ2v) is 5.60. The average molecular weight is 349 g/mol. The van der Waals surface area contributed by atoms with Crippen molar-refractivity contribution in [3.8, 4) is 0 Å². The normalized spacial score (nSPS) is 18.0. The highest BCUT2D eigenvalue weighted by molar-refractivity contribution is 9.10. The zero-order valence-electron chi connectivity index (χ0n) is 11.1. The van der Waals surface area contributed by atoms with Gasteiger partial charge in [-0.3, -0.25) is 9.59 Å². The van der Waals surface area contributed by atoms with Crippen LogP contribution >= 0.6 is 15.9 Å². The van der Waals surface area contributed by atoms with Crippen molar-refractivity contribution in [2.45, 2.75) is 12.5 Å². The predicted molar refractivity (Wildman–Crippen MR) is 81.1 cm³/mol. The quantitative estimate of drug-likeness (QED) is 0.927. The number of anilines is 1. The van der Waals surface area contributed by atoms with Crippen LogP contribution in [-0.4, -0.2) is 24.4 Å². The zero-order chi connectivity index (χ0) is 14.8. The van der Waals surface area contributed by atoms with Crippen LogP contribution in [0.4, 0.5) is 5.69 Å². The molecule has 1 aromatic carbocycles. The van der Waals surface area contributed by atoms with Gasteiger partial charge in [-0.1, -0.05) is 18.2 Å². The van der Waals surface area contributed by atoms with Gasteiger partial charge in [0, 0.05) is 18.7 Å². The van der Waals surface area contributed by atoms with E-state index in [1.54, 1.807) is 17.0 Å². The molecule has 1 fully saturated rings. The fourth-order valence-corrected chi connectivity index (χ4v) is 2.66. The molecule has 5 nitrogen and oxygen atoms in total. The standard InChI is InChI=1S/C15H13BrN2O3/c16-13-7-6-12(21-13)15(20)17-10-8-14(19)18(9-10)11-4-2-1-3-5-11/h1-7,10H,8-9H2,(H,17,20)/t10-/m0/s1. The van der Waals surface area contributed by atoms with Gasteiger partial charge in [0.15, 0.2) is 10.4 Å². The first-order valence-electron chi connectivity index (χ1n) is 6.55. The van der Waals surface area contributed by atoms with E-state index >= 15 is 0 Å². The van der Waals surface area contributed by atoms with E-state index < -0.39 is 0 Å². The lowest BCUT2D eigenvalue weighted by Crippen LogP contribution is -2.37. The minimum Gasteiger partial charge on any atom is -0.444 e. The Morgan fingerprint density at radius 2 is 2.00 bits per heavy atom. The van der Waals surface area contributed by atoms with E-state index in [-0.39, 0.29) is 23.6 Å². The topological polar surface area (TPSA) is 62.6 Å². The largest absolute Gasteiger partial charge is 0.444 e. The molecule has 3 rings (SSSR count). The molecule has 108 valence electrons. The number of hydrogen-bond donors (Lipinski definition) is 1. The lowest BCUT2D eigenvalue weighted by molar-refractivity contribution is -0.117. The van der Waals surface area contributed by atoms with E-state index in [0.29, 0.717) is 17.6 Å². The maximum absolute atomic E-state index is 12.1. The molecule has 2 amide bonds. The van der Waals surface area contributed by atoms with Crippen molar-refractivity contribution in [1.82, 2.24) is 5.32 Å². The SMILES string of the molecule is O=C(N[C@H]1CC(=O)N(c2ccccc2)C1)c1ccc(Br)o1. The van der Waals surface area contributed by atoms with Crippen LogP contribution in [0, 0.1) is 0 Å². The molecular formula is C15H13BrN2O3. The number of amides is 2. The summed E-state index contributed by atoms with van der Waals surface area (Å²) in [6.07, 6.45) is 0.294. The molecule has 1 aliphatic rings. The summed E-state index contributed by atoms with van der Waals surface area (Å²) in [5.74, 6) is -0.0759.